The summed E-state index contributed by atoms with van der Waals surface area (Å²) < 4.78 is 0. The van der Waals surface area contributed by atoms with Crippen LogP contribution in [0.15, 0.2) is 58.7 Å². The molecule has 4 atom stereocenters. The van der Waals surface area contributed by atoms with Gasteiger partial charge in [0.15, 0.2) is 0 Å². The van der Waals surface area contributed by atoms with Gasteiger partial charge in [-0.15, -0.1) is 0 Å². The maximum Gasteiger partial charge on any atom is 0.1000 e. The molecule has 0 amide bonds. The minimum Gasteiger partial charge on any atom is -0.396 e. The summed E-state index contributed by atoms with van der Waals surface area (Å²) >= 11 is 0. The second-order valence-corrected chi connectivity index (χ2v) is 11.3. The van der Waals surface area contributed by atoms with Gasteiger partial charge >= 0.3 is 0 Å². The van der Waals surface area contributed by atoms with Crippen molar-refractivity contribution < 1.29 is 30.6 Å². The fourth-order valence-electron chi connectivity index (χ4n) is 4.35. The van der Waals surface area contributed by atoms with Gasteiger partial charge in [0.2, 0.25) is 0 Å². The van der Waals surface area contributed by atoms with Gasteiger partial charge in [-0.2, -0.15) is 0 Å². The Hall–Kier alpha value is -1.54. The summed E-state index contributed by atoms with van der Waals surface area (Å²) in [4.78, 5) is 0. The van der Waals surface area contributed by atoms with Gasteiger partial charge in [0.05, 0.1) is 24.4 Å². The lowest BCUT2D eigenvalue weighted by molar-refractivity contribution is 0.146. The monoisotopic (exact) mass is 476 g/mol. The SMILES string of the molecule is CC(C)(CO)CCCC1=CC(O)C=C(C=CC2=CC(O)C=C(CCCC(C)(C)CO)C2O)C1O. The van der Waals surface area contributed by atoms with E-state index in [1.165, 1.54) is 0 Å². The van der Waals surface area contributed by atoms with Gasteiger partial charge in [0.25, 0.3) is 0 Å². The average Bonchev–Trinajstić information content (AvgIpc) is 2.77. The molecule has 0 aromatic heterocycles. The molecule has 192 valence electrons. The highest BCUT2D eigenvalue weighted by molar-refractivity contribution is 5.44. The fraction of sp³-hybridized carbons (Fsp3) is 0.643. The van der Waals surface area contributed by atoms with E-state index in [9.17, 15) is 30.6 Å². The lowest BCUT2D eigenvalue weighted by Gasteiger charge is -2.26. The third kappa shape index (κ3) is 8.59. The van der Waals surface area contributed by atoms with E-state index in [1.54, 1.807) is 36.5 Å². The normalized spacial score (nSPS) is 26.3. The molecule has 2 aliphatic carbocycles. The van der Waals surface area contributed by atoms with E-state index in [-0.39, 0.29) is 24.0 Å². The molecule has 0 saturated carbocycles. The van der Waals surface area contributed by atoms with Crippen molar-refractivity contribution in [2.24, 2.45) is 10.8 Å². The molecule has 0 saturated heterocycles. The lowest BCUT2D eigenvalue weighted by Crippen LogP contribution is -2.23. The zero-order valence-corrected chi connectivity index (χ0v) is 21.1. The first kappa shape index (κ1) is 28.7. The molecular formula is C28H44O6. The highest BCUT2D eigenvalue weighted by atomic mass is 16.3. The van der Waals surface area contributed by atoms with Gasteiger partial charge in [-0.05, 0) is 83.8 Å². The van der Waals surface area contributed by atoms with Crippen LogP contribution < -0.4 is 0 Å². The van der Waals surface area contributed by atoms with E-state index < -0.39 is 24.4 Å². The Labute approximate surface area is 204 Å². The van der Waals surface area contributed by atoms with Crippen molar-refractivity contribution in [1.82, 2.24) is 0 Å². The Morgan fingerprint density at radius 2 is 1.00 bits per heavy atom. The van der Waals surface area contributed by atoms with Gasteiger partial charge in [-0.1, -0.05) is 52.0 Å². The van der Waals surface area contributed by atoms with Crippen molar-refractivity contribution in [3.8, 4) is 0 Å². The second-order valence-electron chi connectivity index (χ2n) is 11.3. The van der Waals surface area contributed by atoms with Crippen LogP contribution in [0.1, 0.15) is 66.2 Å². The third-order valence-electron chi connectivity index (χ3n) is 6.79. The minimum absolute atomic E-state index is 0.101. The van der Waals surface area contributed by atoms with Crippen LogP contribution in [0.2, 0.25) is 0 Å². The Morgan fingerprint density at radius 1 is 0.647 bits per heavy atom. The molecule has 6 heteroatoms. The number of rotatable bonds is 12. The van der Waals surface area contributed by atoms with Crippen LogP contribution in [0.3, 0.4) is 0 Å². The Morgan fingerprint density at radius 3 is 1.32 bits per heavy atom. The first-order chi connectivity index (χ1) is 15.9. The molecule has 2 rings (SSSR count). The van der Waals surface area contributed by atoms with Crippen LogP contribution in [0.25, 0.3) is 0 Å². The van der Waals surface area contributed by atoms with Crippen molar-refractivity contribution in [3.05, 3.63) is 58.7 Å². The predicted molar refractivity (Wildman–Crippen MR) is 135 cm³/mol. The van der Waals surface area contributed by atoms with Crippen molar-refractivity contribution >= 4 is 0 Å². The maximum atomic E-state index is 10.8. The fourth-order valence-corrected chi connectivity index (χ4v) is 4.35. The summed E-state index contributed by atoms with van der Waals surface area (Å²) in [5.74, 6) is 0. The zero-order chi connectivity index (χ0) is 25.5. The first-order valence-electron chi connectivity index (χ1n) is 12.3. The van der Waals surface area contributed by atoms with Crippen LogP contribution in [-0.2, 0) is 0 Å². The summed E-state index contributed by atoms with van der Waals surface area (Å²) in [5.41, 5.74) is 2.23. The first-order valence-corrected chi connectivity index (χ1v) is 12.3. The molecule has 0 aromatic rings. The van der Waals surface area contributed by atoms with Gasteiger partial charge in [0.1, 0.15) is 0 Å². The molecule has 6 N–H and O–H groups in total. The predicted octanol–water partition coefficient (Wildman–Crippen LogP) is 3.10. The molecule has 4 unspecified atom stereocenters. The Kier molecular flexibility index (Phi) is 10.5. The van der Waals surface area contributed by atoms with Crippen molar-refractivity contribution in [2.45, 2.75) is 90.6 Å². The van der Waals surface area contributed by atoms with Gasteiger partial charge in [0, 0.05) is 13.2 Å². The maximum absolute atomic E-state index is 10.8. The standard InChI is InChI=1S/C28H44O6/c1-27(2,17-29)11-5-7-19-13-23(31)15-21(25(19)33)9-10-22-16-24(32)14-20(26(22)34)8-6-12-28(3,4)18-30/h9-10,13-16,23-26,29-34H,5-8,11-12,17-18H2,1-4H3. The van der Waals surface area contributed by atoms with Crippen molar-refractivity contribution in [1.29, 1.82) is 0 Å². The number of hydrogen-bond acceptors (Lipinski definition) is 6. The molecule has 0 fully saturated rings. The average molecular weight is 477 g/mol. The Bertz CT molecular complexity index is 762. The number of hydrogen-bond donors (Lipinski definition) is 6. The minimum atomic E-state index is -0.848. The summed E-state index contributed by atoms with van der Waals surface area (Å²) in [6.07, 6.45) is 11.0. The molecule has 0 aromatic carbocycles. The van der Waals surface area contributed by atoms with Crippen LogP contribution in [-0.4, -0.2) is 68.3 Å². The van der Waals surface area contributed by atoms with Gasteiger partial charge in [-0.3, -0.25) is 0 Å². The van der Waals surface area contributed by atoms with Crippen LogP contribution in [0.5, 0.6) is 0 Å². The van der Waals surface area contributed by atoms with E-state index in [0.29, 0.717) is 24.0 Å². The molecule has 0 aliphatic heterocycles. The topological polar surface area (TPSA) is 121 Å². The van der Waals surface area contributed by atoms with Crippen LogP contribution in [0.4, 0.5) is 0 Å². The molecular weight excluding hydrogens is 432 g/mol. The zero-order valence-electron chi connectivity index (χ0n) is 21.1. The largest absolute Gasteiger partial charge is 0.396 e. The highest BCUT2D eigenvalue weighted by Crippen LogP contribution is 2.31. The molecule has 34 heavy (non-hydrogen) atoms. The molecule has 0 bridgehead atoms. The van der Waals surface area contributed by atoms with E-state index in [1.807, 2.05) is 27.7 Å². The van der Waals surface area contributed by atoms with Gasteiger partial charge in [-0.25, -0.2) is 0 Å². The third-order valence-corrected chi connectivity index (χ3v) is 6.79. The van der Waals surface area contributed by atoms with Crippen molar-refractivity contribution in [3.63, 3.8) is 0 Å². The quantitative estimate of drug-likeness (QED) is 0.241. The van der Waals surface area contributed by atoms with Gasteiger partial charge < -0.3 is 30.6 Å². The molecule has 2 aliphatic rings. The lowest BCUT2D eigenvalue weighted by atomic mass is 9.84. The molecule has 0 spiro atoms. The highest BCUT2D eigenvalue weighted by Gasteiger charge is 2.25. The second kappa shape index (κ2) is 12.4. The summed E-state index contributed by atoms with van der Waals surface area (Å²) in [5, 5.41) is 61.1. The molecule has 6 nitrogen and oxygen atoms in total. The van der Waals surface area contributed by atoms with Crippen molar-refractivity contribution in [2.75, 3.05) is 13.2 Å². The summed E-state index contributed by atoms with van der Waals surface area (Å²) in [6, 6.07) is 0. The van der Waals surface area contributed by atoms with Crippen LogP contribution in [0, 0.1) is 10.8 Å². The summed E-state index contributed by atoms with van der Waals surface area (Å²) in [7, 11) is 0. The molecule has 0 heterocycles. The van der Waals surface area contributed by atoms with E-state index in [0.717, 1.165) is 36.8 Å². The van der Waals surface area contributed by atoms with E-state index in [2.05, 4.69) is 0 Å². The smallest absolute Gasteiger partial charge is 0.1000 e. The van der Waals surface area contributed by atoms with E-state index >= 15 is 0 Å². The van der Waals surface area contributed by atoms with E-state index in [4.69, 9.17) is 0 Å². The van der Waals surface area contributed by atoms with Crippen LogP contribution >= 0.6 is 0 Å². The Balaban J connectivity index is 2.01. The molecule has 0 radical (unpaired) electrons. The number of aliphatic hydroxyl groups excluding tert-OH is 6. The number of aliphatic hydroxyl groups is 6. The summed E-state index contributed by atoms with van der Waals surface area (Å²) in [6.45, 7) is 8.18.